The number of pyridine rings is 2. The fourth-order valence-corrected chi connectivity index (χ4v) is 4.70. The van der Waals surface area contributed by atoms with Crippen LogP contribution in [0, 0.1) is 0 Å². The maximum atomic E-state index is 12.8. The quantitative estimate of drug-likeness (QED) is 0.498. The largest absolute Gasteiger partial charge is 0.324 e. The summed E-state index contributed by atoms with van der Waals surface area (Å²) in [6.07, 6.45) is 2.46. The standard InChI is InChI=1S/C16H12BrFN6O2S/c17-10-5-24-16(27-10)12-14(22-24)13-9(21-15(12)26)1-8(2-19-13)20-11(25)6-23-3-7(18)4-23/h1-2,5,7H,3-4,6H2,(H,20,25)(H,21,26). The Kier molecular flexibility index (Phi) is 3.78. The average Bonchev–Trinajstić information content (AvgIpc) is 3.09. The molecule has 5 rings (SSSR count). The normalized spacial score (nSPS) is 15.6. The number of carbonyl (C=O) groups excluding carboxylic acids is 1. The predicted molar refractivity (Wildman–Crippen MR) is 104 cm³/mol. The first kappa shape index (κ1) is 16.8. The molecule has 0 bridgehead atoms. The molecule has 1 fully saturated rings. The number of anilines is 1. The zero-order valence-corrected chi connectivity index (χ0v) is 16.1. The molecule has 5 heterocycles. The second-order valence-corrected chi connectivity index (χ2v) is 8.83. The molecule has 0 atom stereocenters. The average molecular weight is 451 g/mol. The SMILES string of the molecule is O=C(CN1CC(F)C1)Nc1cnc2c(c1)[nH]c(=O)c1c2nn2cc(Br)sc12. The van der Waals surface area contributed by atoms with Crippen molar-refractivity contribution in [3.8, 4) is 0 Å². The zero-order valence-electron chi connectivity index (χ0n) is 13.7. The Morgan fingerprint density at radius 3 is 3.04 bits per heavy atom. The number of nitrogens with zero attached hydrogens (tertiary/aromatic N) is 4. The minimum Gasteiger partial charge on any atom is -0.324 e. The number of hydrogen-bond donors (Lipinski definition) is 2. The molecule has 138 valence electrons. The number of hydrogen-bond acceptors (Lipinski definition) is 6. The zero-order chi connectivity index (χ0) is 18.7. The third-order valence-corrected chi connectivity index (χ3v) is 6.01. The number of thiazole rings is 1. The van der Waals surface area contributed by atoms with E-state index in [4.69, 9.17) is 0 Å². The van der Waals surface area contributed by atoms with Crippen molar-refractivity contribution in [1.82, 2.24) is 24.5 Å². The lowest BCUT2D eigenvalue weighted by Gasteiger charge is -2.33. The first-order chi connectivity index (χ1) is 13.0. The van der Waals surface area contributed by atoms with Crippen LogP contribution in [0.2, 0.25) is 0 Å². The number of rotatable bonds is 3. The Bertz CT molecular complexity index is 1270. The molecule has 11 heteroatoms. The van der Waals surface area contributed by atoms with Gasteiger partial charge in [0.2, 0.25) is 5.91 Å². The third-order valence-electron chi connectivity index (χ3n) is 4.44. The molecule has 0 unspecified atom stereocenters. The highest BCUT2D eigenvalue weighted by molar-refractivity contribution is 9.11. The van der Waals surface area contributed by atoms with E-state index in [1.807, 2.05) is 0 Å². The van der Waals surface area contributed by atoms with Gasteiger partial charge in [-0.15, -0.1) is 11.3 Å². The Morgan fingerprint density at radius 2 is 2.26 bits per heavy atom. The van der Waals surface area contributed by atoms with Crippen LogP contribution in [-0.2, 0) is 4.79 Å². The van der Waals surface area contributed by atoms with E-state index in [1.54, 1.807) is 21.7 Å². The topological polar surface area (TPSA) is 95.4 Å². The molecule has 1 amide bonds. The van der Waals surface area contributed by atoms with Crippen LogP contribution in [0.1, 0.15) is 0 Å². The van der Waals surface area contributed by atoms with Crippen LogP contribution in [0.25, 0.3) is 26.8 Å². The number of halogens is 2. The fourth-order valence-electron chi connectivity index (χ4n) is 3.23. The van der Waals surface area contributed by atoms with Gasteiger partial charge in [-0.25, -0.2) is 8.91 Å². The summed E-state index contributed by atoms with van der Waals surface area (Å²) in [5.74, 6) is -0.251. The number of carbonyl (C=O) groups is 1. The van der Waals surface area contributed by atoms with E-state index in [1.165, 1.54) is 17.5 Å². The summed E-state index contributed by atoms with van der Waals surface area (Å²) in [4.78, 5) is 34.3. The van der Waals surface area contributed by atoms with Crippen molar-refractivity contribution in [3.05, 3.63) is 32.6 Å². The highest BCUT2D eigenvalue weighted by atomic mass is 79.9. The molecule has 4 aromatic rings. The van der Waals surface area contributed by atoms with E-state index in [0.29, 0.717) is 27.6 Å². The number of nitrogens with one attached hydrogen (secondary N) is 2. The van der Waals surface area contributed by atoms with E-state index in [0.717, 1.165) is 8.62 Å². The first-order valence-corrected chi connectivity index (χ1v) is 9.74. The summed E-state index contributed by atoms with van der Waals surface area (Å²) in [6.45, 7) is 0.685. The number of likely N-dealkylation sites (tertiary alicyclic amines) is 1. The van der Waals surface area contributed by atoms with Gasteiger partial charge >= 0.3 is 0 Å². The van der Waals surface area contributed by atoms with Crippen molar-refractivity contribution < 1.29 is 9.18 Å². The number of alkyl halides is 1. The minimum absolute atomic E-state index is 0.125. The molecular weight excluding hydrogens is 439 g/mol. The van der Waals surface area contributed by atoms with E-state index in [9.17, 15) is 14.0 Å². The lowest BCUT2D eigenvalue weighted by Crippen LogP contribution is -2.51. The lowest BCUT2D eigenvalue weighted by molar-refractivity contribution is -0.119. The maximum Gasteiger partial charge on any atom is 0.261 e. The van der Waals surface area contributed by atoms with Crippen molar-refractivity contribution in [2.45, 2.75) is 6.17 Å². The molecule has 1 aliphatic rings. The van der Waals surface area contributed by atoms with E-state index in [2.05, 4.69) is 36.3 Å². The molecule has 1 aliphatic heterocycles. The van der Waals surface area contributed by atoms with Gasteiger partial charge in [0.15, 0.2) is 0 Å². The van der Waals surface area contributed by atoms with Crippen molar-refractivity contribution in [3.63, 3.8) is 0 Å². The Hall–Kier alpha value is -2.37. The molecule has 4 aromatic heterocycles. The maximum absolute atomic E-state index is 12.8. The molecule has 8 nitrogen and oxygen atoms in total. The van der Waals surface area contributed by atoms with Crippen LogP contribution in [0.5, 0.6) is 0 Å². The van der Waals surface area contributed by atoms with Crippen LogP contribution < -0.4 is 10.9 Å². The van der Waals surface area contributed by atoms with Crippen LogP contribution >= 0.6 is 27.3 Å². The van der Waals surface area contributed by atoms with Gasteiger partial charge in [0, 0.05) is 13.1 Å². The molecule has 0 radical (unpaired) electrons. The summed E-state index contributed by atoms with van der Waals surface area (Å²) in [5.41, 5.74) is 1.76. The monoisotopic (exact) mass is 450 g/mol. The van der Waals surface area contributed by atoms with E-state index >= 15 is 0 Å². The minimum atomic E-state index is -0.849. The lowest BCUT2D eigenvalue weighted by atomic mass is 10.2. The summed E-state index contributed by atoms with van der Waals surface area (Å²) in [5, 5.41) is 7.68. The van der Waals surface area contributed by atoms with E-state index < -0.39 is 6.17 Å². The Morgan fingerprint density at radius 1 is 1.44 bits per heavy atom. The van der Waals surface area contributed by atoms with Crippen molar-refractivity contribution in [2.75, 3.05) is 25.0 Å². The number of aromatic amines is 1. The molecule has 0 spiro atoms. The van der Waals surface area contributed by atoms with Gasteiger partial charge in [-0.1, -0.05) is 0 Å². The number of fused-ring (bicyclic) bond motifs is 5. The van der Waals surface area contributed by atoms with Gasteiger partial charge in [0.05, 0.1) is 33.9 Å². The number of H-pyrrole nitrogens is 1. The Labute approximate surface area is 163 Å². The van der Waals surface area contributed by atoms with Crippen LogP contribution in [-0.4, -0.2) is 56.2 Å². The van der Waals surface area contributed by atoms with Crippen LogP contribution in [0.15, 0.2) is 27.0 Å². The molecule has 27 heavy (non-hydrogen) atoms. The van der Waals surface area contributed by atoms with Crippen molar-refractivity contribution >= 4 is 65.6 Å². The molecule has 0 aliphatic carbocycles. The van der Waals surface area contributed by atoms with Crippen molar-refractivity contribution in [1.29, 1.82) is 0 Å². The van der Waals surface area contributed by atoms with Gasteiger partial charge in [-0.05, 0) is 22.0 Å². The van der Waals surface area contributed by atoms with Crippen LogP contribution in [0.3, 0.4) is 0 Å². The number of amides is 1. The highest BCUT2D eigenvalue weighted by Crippen LogP contribution is 2.30. The molecule has 2 N–H and O–H groups in total. The second kappa shape index (κ2) is 6.08. The summed E-state index contributed by atoms with van der Waals surface area (Å²) in [6, 6.07) is 1.65. The first-order valence-electron chi connectivity index (χ1n) is 8.13. The smallest absolute Gasteiger partial charge is 0.261 e. The highest BCUT2D eigenvalue weighted by Gasteiger charge is 2.27. The van der Waals surface area contributed by atoms with E-state index in [-0.39, 0.29) is 31.1 Å². The van der Waals surface area contributed by atoms with Gasteiger partial charge < -0.3 is 10.3 Å². The van der Waals surface area contributed by atoms with Crippen molar-refractivity contribution in [2.24, 2.45) is 0 Å². The predicted octanol–water partition coefficient (Wildman–Crippen LogP) is 2.14. The third kappa shape index (κ3) is 2.82. The van der Waals surface area contributed by atoms with Gasteiger partial charge in [0.1, 0.15) is 27.4 Å². The van der Waals surface area contributed by atoms with Gasteiger partial charge in [-0.2, -0.15) is 5.10 Å². The Balaban J connectivity index is 1.51. The fraction of sp³-hybridized carbons (Fsp3) is 0.250. The molecule has 1 saturated heterocycles. The van der Waals surface area contributed by atoms with Gasteiger partial charge in [0.25, 0.3) is 5.56 Å². The second-order valence-electron chi connectivity index (χ2n) is 6.42. The summed E-state index contributed by atoms with van der Waals surface area (Å²) >= 11 is 4.81. The molecule has 0 aromatic carbocycles. The van der Waals surface area contributed by atoms with Crippen LogP contribution in [0.4, 0.5) is 10.1 Å². The molecule has 0 saturated carbocycles. The molecular formula is C16H12BrFN6O2S. The summed E-state index contributed by atoms with van der Waals surface area (Å²) in [7, 11) is 0. The summed E-state index contributed by atoms with van der Waals surface area (Å²) < 4.78 is 15.4. The van der Waals surface area contributed by atoms with Gasteiger partial charge in [-0.3, -0.25) is 19.5 Å². The number of aromatic nitrogens is 4.